The normalized spacial score (nSPS) is 10.6. The molecule has 1 aromatic heterocycles. The predicted octanol–water partition coefficient (Wildman–Crippen LogP) is 5.10. The van der Waals surface area contributed by atoms with Gasteiger partial charge in [-0.15, -0.1) is 0 Å². The number of para-hydroxylation sites is 3. The predicted molar refractivity (Wildman–Crippen MR) is 111 cm³/mol. The van der Waals surface area contributed by atoms with Gasteiger partial charge in [0.1, 0.15) is 11.1 Å². The molecule has 2 N–H and O–H groups in total. The summed E-state index contributed by atoms with van der Waals surface area (Å²) in [5.74, 6) is -0.516. The highest BCUT2D eigenvalue weighted by molar-refractivity contribution is 6.07. The minimum atomic E-state index is -0.667. The molecular formula is C23H18N2O3. The summed E-state index contributed by atoms with van der Waals surface area (Å²) in [7, 11) is 0. The van der Waals surface area contributed by atoms with Gasteiger partial charge in [-0.1, -0.05) is 48.0 Å². The maximum absolute atomic E-state index is 12.7. The number of fused-ring (bicyclic) bond motifs is 1. The van der Waals surface area contributed by atoms with Crippen LogP contribution < -0.4 is 16.3 Å². The maximum atomic E-state index is 12.7. The summed E-state index contributed by atoms with van der Waals surface area (Å²) in [5, 5.41) is 6.78. The van der Waals surface area contributed by atoms with Crippen LogP contribution in [-0.4, -0.2) is 5.91 Å². The Kier molecular flexibility index (Phi) is 4.64. The summed E-state index contributed by atoms with van der Waals surface area (Å²) in [5.41, 5.74) is 3.10. The Morgan fingerprint density at radius 1 is 0.857 bits per heavy atom. The van der Waals surface area contributed by atoms with E-state index in [1.54, 1.807) is 30.3 Å². The molecule has 4 aromatic rings. The van der Waals surface area contributed by atoms with Gasteiger partial charge in [-0.2, -0.15) is 0 Å². The molecule has 0 aliphatic heterocycles. The van der Waals surface area contributed by atoms with Crippen LogP contribution in [-0.2, 0) is 0 Å². The quantitative estimate of drug-likeness (QED) is 0.491. The van der Waals surface area contributed by atoms with E-state index in [1.807, 2.05) is 55.5 Å². The van der Waals surface area contributed by atoms with Gasteiger partial charge in [0.05, 0.1) is 11.4 Å². The molecule has 1 heterocycles. The number of hydrogen-bond donors (Lipinski definition) is 2. The molecule has 138 valence electrons. The third-order valence-corrected chi connectivity index (χ3v) is 4.39. The molecule has 0 saturated heterocycles. The molecule has 28 heavy (non-hydrogen) atoms. The molecule has 0 spiro atoms. The Balaban J connectivity index is 1.62. The lowest BCUT2D eigenvalue weighted by Crippen LogP contribution is -2.21. The lowest BCUT2D eigenvalue weighted by atomic mass is 10.1. The molecule has 1 amide bonds. The van der Waals surface area contributed by atoms with E-state index in [0.717, 1.165) is 16.9 Å². The summed E-state index contributed by atoms with van der Waals surface area (Å²) >= 11 is 0. The number of carbonyl (C=O) groups excluding carboxylic acids is 1. The molecule has 4 rings (SSSR count). The number of anilines is 3. The number of hydrogen-bond acceptors (Lipinski definition) is 4. The number of benzene rings is 3. The SMILES string of the molecule is Cc1ccc(Nc2ccccc2NC(=O)c2cc3ccccc3oc2=O)cc1. The number of carbonyl (C=O) groups is 1. The topological polar surface area (TPSA) is 71.3 Å². The van der Waals surface area contributed by atoms with Crippen molar-refractivity contribution in [3.63, 3.8) is 0 Å². The molecule has 0 unspecified atom stereocenters. The van der Waals surface area contributed by atoms with Gasteiger partial charge in [-0.05, 0) is 43.3 Å². The van der Waals surface area contributed by atoms with E-state index in [0.29, 0.717) is 16.7 Å². The minimum Gasteiger partial charge on any atom is -0.422 e. The van der Waals surface area contributed by atoms with Crippen LogP contribution in [0.2, 0.25) is 0 Å². The second kappa shape index (κ2) is 7.40. The third-order valence-electron chi connectivity index (χ3n) is 4.39. The van der Waals surface area contributed by atoms with E-state index in [-0.39, 0.29) is 5.56 Å². The van der Waals surface area contributed by atoms with Gasteiger partial charge in [0.25, 0.3) is 5.91 Å². The fourth-order valence-corrected chi connectivity index (χ4v) is 2.90. The second-order valence-electron chi connectivity index (χ2n) is 6.48. The molecule has 5 nitrogen and oxygen atoms in total. The molecule has 0 radical (unpaired) electrons. The third kappa shape index (κ3) is 3.64. The zero-order valence-electron chi connectivity index (χ0n) is 15.2. The van der Waals surface area contributed by atoms with E-state index in [1.165, 1.54) is 0 Å². The van der Waals surface area contributed by atoms with Crippen LogP contribution in [0.4, 0.5) is 17.1 Å². The van der Waals surface area contributed by atoms with Crippen molar-refractivity contribution >= 4 is 33.9 Å². The van der Waals surface area contributed by atoms with E-state index in [4.69, 9.17) is 4.42 Å². The molecule has 0 atom stereocenters. The molecule has 0 aliphatic carbocycles. The highest BCUT2D eigenvalue weighted by atomic mass is 16.4. The Morgan fingerprint density at radius 2 is 1.54 bits per heavy atom. The zero-order chi connectivity index (χ0) is 19.5. The fraction of sp³-hybridized carbons (Fsp3) is 0.0435. The van der Waals surface area contributed by atoms with Gasteiger partial charge in [0.2, 0.25) is 0 Å². The van der Waals surface area contributed by atoms with E-state index < -0.39 is 11.5 Å². The van der Waals surface area contributed by atoms with Crippen molar-refractivity contribution in [1.29, 1.82) is 0 Å². The van der Waals surface area contributed by atoms with Crippen LogP contribution in [0.5, 0.6) is 0 Å². The van der Waals surface area contributed by atoms with Crippen LogP contribution in [0.25, 0.3) is 11.0 Å². The van der Waals surface area contributed by atoms with Gasteiger partial charge in [0.15, 0.2) is 0 Å². The van der Waals surface area contributed by atoms with E-state index in [9.17, 15) is 9.59 Å². The van der Waals surface area contributed by atoms with Gasteiger partial charge in [0, 0.05) is 11.1 Å². The Bertz CT molecular complexity index is 1210. The first-order chi connectivity index (χ1) is 13.6. The van der Waals surface area contributed by atoms with Crippen LogP contribution >= 0.6 is 0 Å². The second-order valence-corrected chi connectivity index (χ2v) is 6.48. The highest BCUT2D eigenvalue weighted by Crippen LogP contribution is 2.26. The number of rotatable bonds is 4. The van der Waals surface area contributed by atoms with Crippen molar-refractivity contribution in [2.45, 2.75) is 6.92 Å². The molecule has 0 aliphatic rings. The first-order valence-corrected chi connectivity index (χ1v) is 8.87. The average Bonchev–Trinajstić information content (AvgIpc) is 2.70. The van der Waals surface area contributed by atoms with Crippen molar-refractivity contribution in [2.75, 3.05) is 10.6 Å². The highest BCUT2D eigenvalue weighted by Gasteiger charge is 2.15. The maximum Gasteiger partial charge on any atom is 0.349 e. The number of nitrogens with one attached hydrogen (secondary N) is 2. The summed E-state index contributed by atoms with van der Waals surface area (Å²) in [6.45, 7) is 2.02. The number of aryl methyl sites for hydroxylation is 1. The molecule has 0 fully saturated rings. The summed E-state index contributed by atoms with van der Waals surface area (Å²) in [4.78, 5) is 25.0. The van der Waals surface area contributed by atoms with Crippen LogP contribution in [0.3, 0.4) is 0 Å². The van der Waals surface area contributed by atoms with E-state index >= 15 is 0 Å². The summed E-state index contributed by atoms with van der Waals surface area (Å²) < 4.78 is 5.26. The molecule has 0 saturated carbocycles. The summed E-state index contributed by atoms with van der Waals surface area (Å²) in [6.07, 6.45) is 0. The Morgan fingerprint density at radius 3 is 2.32 bits per heavy atom. The lowest BCUT2D eigenvalue weighted by molar-refractivity contribution is 0.102. The van der Waals surface area contributed by atoms with Gasteiger partial charge >= 0.3 is 5.63 Å². The fourth-order valence-electron chi connectivity index (χ4n) is 2.90. The first kappa shape index (κ1) is 17.5. The number of amides is 1. The Labute approximate surface area is 161 Å². The van der Waals surface area contributed by atoms with Crippen molar-refractivity contribution in [1.82, 2.24) is 0 Å². The van der Waals surface area contributed by atoms with Crippen molar-refractivity contribution in [3.05, 3.63) is 100 Å². The van der Waals surface area contributed by atoms with Crippen molar-refractivity contribution in [2.24, 2.45) is 0 Å². The zero-order valence-corrected chi connectivity index (χ0v) is 15.2. The largest absolute Gasteiger partial charge is 0.422 e. The Hall–Kier alpha value is -3.86. The van der Waals surface area contributed by atoms with E-state index in [2.05, 4.69) is 10.6 Å². The molecule has 5 heteroatoms. The average molecular weight is 370 g/mol. The minimum absolute atomic E-state index is 0.0381. The smallest absolute Gasteiger partial charge is 0.349 e. The summed E-state index contributed by atoms with van der Waals surface area (Å²) in [6, 6.07) is 23.9. The van der Waals surface area contributed by atoms with Gasteiger partial charge < -0.3 is 15.1 Å². The monoisotopic (exact) mass is 370 g/mol. The van der Waals surface area contributed by atoms with Crippen LogP contribution in [0.1, 0.15) is 15.9 Å². The molecular weight excluding hydrogens is 352 g/mol. The van der Waals surface area contributed by atoms with Crippen molar-refractivity contribution < 1.29 is 9.21 Å². The van der Waals surface area contributed by atoms with Crippen molar-refractivity contribution in [3.8, 4) is 0 Å². The first-order valence-electron chi connectivity index (χ1n) is 8.87. The standard InChI is InChI=1S/C23H18N2O3/c1-15-10-12-17(13-11-15)24-19-7-3-4-8-20(19)25-22(26)18-14-16-6-2-5-9-21(16)28-23(18)27/h2-14,24H,1H3,(H,25,26). The van der Waals surface area contributed by atoms with Gasteiger partial charge in [-0.3, -0.25) is 4.79 Å². The lowest BCUT2D eigenvalue weighted by Gasteiger charge is -2.13. The van der Waals surface area contributed by atoms with Crippen LogP contribution in [0, 0.1) is 6.92 Å². The van der Waals surface area contributed by atoms with Crippen LogP contribution in [0.15, 0.2) is 88.1 Å². The molecule has 3 aromatic carbocycles. The molecule has 0 bridgehead atoms. The van der Waals surface area contributed by atoms with Gasteiger partial charge in [-0.25, -0.2) is 4.79 Å².